The van der Waals surface area contributed by atoms with Crippen molar-refractivity contribution in [3.8, 4) is 17.0 Å². The Hall–Kier alpha value is -3.27. The Morgan fingerprint density at radius 3 is 2.92 bits per heavy atom. The zero-order valence-electron chi connectivity index (χ0n) is 13.8. The monoisotopic (exact) mass is 373 g/mol. The molecule has 1 aromatic carbocycles. The molecule has 1 amide bonds. The highest BCUT2D eigenvalue weighted by Crippen LogP contribution is 2.32. The van der Waals surface area contributed by atoms with Crippen molar-refractivity contribution in [2.24, 2.45) is 0 Å². The molecule has 2 heterocycles. The molecule has 0 saturated heterocycles. The largest absolute Gasteiger partial charge is 0.493 e. The van der Waals surface area contributed by atoms with Gasteiger partial charge in [-0.1, -0.05) is 12.1 Å². The van der Waals surface area contributed by atoms with Crippen LogP contribution >= 0.6 is 11.3 Å². The number of ether oxygens (including phenoxy) is 1. The Bertz CT molecular complexity index is 936. The number of aromatic nitrogens is 3. The highest BCUT2D eigenvalue weighted by atomic mass is 32.1. The molecule has 2 aromatic heterocycles. The molecule has 9 nitrogen and oxygen atoms in total. The maximum absolute atomic E-state index is 12.1. The van der Waals surface area contributed by atoms with Gasteiger partial charge >= 0.3 is 5.82 Å². The summed E-state index contributed by atoms with van der Waals surface area (Å²) >= 11 is 1.28. The number of para-hydroxylation sites is 1. The van der Waals surface area contributed by atoms with E-state index in [0.29, 0.717) is 17.4 Å². The van der Waals surface area contributed by atoms with E-state index in [2.05, 4.69) is 15.4 Å². The third-order valence-electron chi connectivity index (χ3n) is 3.33. The predicted octanol–water partition coefficient (Wildman–Crippen LogP) is 2.95. The fourth-order valence-electron chi connectivity index (χ4n) is 2.26. The van der Waals surface area contributed by atoms with Crippen LogP contribution in [0.4, 0.5) is 10.9 Å². The van der Waals surface area contributed by atoms with Gasteiger partial charge in [-0.3, -0.25) is 4.79 Å². The summed E-state index contributed by atoms with van der Waals surface area (Å²) in [7, 11) is 0. The Kier molecular flexibility index (Phi) is 5.23. The van der Waals surface area contributed by atoms with Gasteiger partial charge in [-0.2, -0.15) is 4.68 Å². The van der Waals surface area contributed by atoms with Crippen molar-refractivity contribution in [3.63, 3.8) is 0 Å². The minimum absolute atomic E-state index is 0.141. The molecule has 0 atom stereocenters. The van der Waals surface area contributed by atoms with E-state index in [1.54, 1.807) is 0 Å². The summed E-state index contributed by atoms with van der Waals surface area (Å²) < 4.78 is 6.79. The van der Waals surface area contributed by atoms with Crippen LogP contribution in [0.2, 0.25) is 0 Å². The van der Waals surface area contributed by atoms with Crippen molar-refractivity contribution < 1.29 is 14.5 Å². The van der Waals surface area contributed by atoms with Crippen LogP contribution < -0.4 is 10.1 Å². The van der Waals surface area contributed by atoms with Crippen molar-refractivity contribution in [2.75, 3.05) is 11.9 Å². The molecule has 0 spiro atoms. The molecule has 134 valence electrons. The lowest BCUT2D eigenvalue weighted by molar-refractivity contribution is -0.389. The molecule has 3 aromatic rings. The number of carbonyl (C=O) groups excluding carboxylic acids is 1. The molecule has 0 aliphatic heterocycles. The van der Waals surface area contributed by atoms with Gasteiger partial charge in [-0.15, -0.1) is 11.3 Å². The van der Waals surface area contributed by atoms with E-state index in [1.807, 2.05) is 36.6 Å². The molecule has 0 bridgehead atoms. The fraction of sp³-hybridized carbons (Fsp3) is 0.188. The summed E-state index contributed by atoms with van der Waals surface area (Å²) in [5, 5.41) is 19.2. The van der Waals surface area contributed by atoms with Gasteiger partial charge in [0, 0.05) is 10.9 Å². The lowest BCUT2D eigenvalue weighted by atomic mass is 10.1. The number of nitro groups is 1. The topological polar surface area (TPSA) is 112 Å². The van der Waals surface area contributed by atoms with Crippen LogP contribution in [-0.4, -0.2) is 32.2 Å². The third-order valence-corrected chi connectivity index (χ3v) is 4.09. The van der Waals surface area contributed by atoms with E-state index < -0.39 is 4.92 Å². The van der Waals surface area contributed by atoms with E-state index in [0.717, 1.165) is 11.3 Å². The summed E-state index contributed by atoms with van der Waals surface area (Å²) in [6.45, 7) is 2.31. The molecule has 1 N–H and O–H groups in total. The zero-order valence-corrected chi connectivity index (χ0v) is 14.6. The van der Waals surface area contributed by atoms with Gasteiger partial charge < -0.3 is 20.2 Å². The van der Waals surface area contributed by atoms with Gasteiger partial charge in [0.25, 0.3) is 0 Å². The third kappa shape index (κ3) is 4.03. The standard InChI is InChI=1S/C16H15N5O4S/c1-2-25-13-6-4-3-5-11(13)12-10-26-16(17-12)18-15(22)9-20-8-7-14(19-20)21(23)24/h3-8,10H,2,9H2,1H3,(H,17,18,22). The molecule has 3 rings (SSSR count). The van der Waals surface area contributed by atoms with Gasteiger partial charge in [0.05, 0.1) is 29.7 Å². The van der Waals surface area contributed by atoms with Crippen LogP contribution in [0.3, 0.4) is 0 Å². The number of amides is 1. The Balaban J connectivity index is 1.68. The second-order valence-electron chi connectivity index (χ2n) is 5.14. The predicted molar refractivity (Wildman–Crippen MR) is 96.2 cm³/mol. The van der Waals surface area contributed by atoms with Crippen molar-refractivity contribution in [2.45, 2.75) is 13.5 Å². The number of nitrogens with one attached hydrogen (secondary N) is 1. The highest BCUT2D eigenvalue weighted by Gasteiger charge is 2.15. The smallest absolute Gasteiger partial charge is 0.389 e. The Morgan fingerprint density at radius 2 is 2.19 bits per heavy atom. The molecule has 0 radical (unpaired) electrons. The van der Waals surface area contributed by atoms with Crippen LogP contribution in [0.25, 0.3) is 11.3 Å². The second kappa shape index (κ2) is 7.74. The molecule has 0 saturated carbocycles. The number of thiazole rings is 1. The number of rotatable bonds is 7. The molecule has 10 heteroatoms. The van der Waals surface area contributed by atoms with Crippen molar-refractivity contribution in [1.29, 1.82) is 0 Å². The molecule has 0 aliphatic carbocycles. The summed E-state index contributed by atoms with van der Waals surface area (Å²) in [6, 6.07) is 8.77. The molecular weight excluding hydrogens is 358 g/mol. The number of hydrogen-bond acceptors (Lipinski definition) is 7. The first-order valence-corrected chi connectivity index (χ1v) is 8.60. The molecule has 0 fully saturated rings. The number of nitrogens with zero attached hydrogens (tertiary/aromatic N) is 4. The summed E-state index contributed by atoms with van der Waals surface area (Å²) in [6.07, 6.45) is 1.38. The van der Waals surface area contributed by atoms with Gasteiger partial charge in [0.2, 0.25) is 5.91 Å². The minimum Gasteiger partial charge on any atom is -0.493 e. The quantitative estimate of drug-likeness (QED) is 0.503. The lowest BCUT2D eigenvalue weighted by Crippen LogP contribution is -2.19. The average molecular weight is 373 g/mol. The van der Waals surface area contributed by atoms with E-state index in [9.17, 15) is 14.9 Å². The van der Waals surface area contributed by atoms with E-state index >= 15 is 0 Å². The number of anilines is 1. The van der Waals surface area contributed by atoms with E-state index in [1.165, 1.54) is 28.3 Å². The second-order valence-corrected chi connectivity index (χ2v) is 6.00. The van der Waals surface area contributed by atoms with Gasteiger partial charge in [0.15, 0.2) is 5.13 Å². The fourth-order valence-corrected chi connectivity index (χ4v) is 2.98. The van der Waals surface area contributed by atoms with Crippen LogP contribution in [0.15, 0.2) is 41.9 Å². The van der Waals surface area contributed by atoms with Gasteiger partial charge in [0.1, 0.15) is 12.3 Å². The Labute approximate surface area is 152 Å². The van der Waals surface area contributed by atoms with E-state index in [-0.39, 0.29) is 18.3 Å². The first kappa shape index (κ1) is 17.5. The van der Waals surface area contributed by atoms with Gasteiger partial charge in [-0.25, -0.2) is 4.98 Å². The highest BCUT2D eigenvalue weighted by molar-refractivity contribution is 7.14. The first-order chi connectivity index (χ1) is 12.6. The zero-order chi connectivity index (χ0) is 18.5. The lowest BCUT2D eigenvalue weighted by Gasteiger charge is -2.07. The summed E-state index contributed by atoms with van der Waals surface area (Å²) in [4.78, 5) is 26.5. The van der Waals surface area contributed by atoms with Crippen LogP contribution in [-0.2, 0) is 11.3 Å². The molecule has 26 heavy (non-hydrogen) atoms. The first-order valence-electron chi connectivity index (χ1n) is 7.72. The maximum Gasteiger partial charge on any atom is 0.389 e. The van der Waals surface area contributed by atoms with Crippen LogP contribution in [0.1, 0.15) is 6.92 Å². The average Bonchev–Trinajstić information content (AvgIpc) is 3.25. The number of hydrogen-bond donors (Lipinski definition) is 1. The van der Waals surface area contributed by atoms with Crippen molar-refractivity contribution in [3.05, 3.63) is 52.0 Å². The number of carbonyl (C=O) groups is 1. The van der Waals surface area contributed by atoms with Crippen molar-refractivity contribution in [1.82, 2.24) is 14.8 Å². The van der Waals surface area contributed by atoms with Gasteiger partial charge in [-0.05, 0) is 24.0 Å². The summed E-state index contributed by atoms with van der Waals surface area (Å²) in [5.41, 5.74) is 1.54. The molecular formula is C16H15N5O4S. The van der Waals surface area contributed by atoms with Crippen LogP contribution in [0.5, 0.6) is 5.75 Å². The summed E-state index contributed by atoms with van der Waals surface area (Å²) in [5.74, 6) is 0.0471. The SMILES string of the molecule is CCOc1ccccc1-c1csc(NC(=O)Cn2ccc([N+](=O)[O-])n2)n1. The van der Waals surface area contributed by atoms with Crippen molar-refractivity contribution >= 4 is 28.2 Å². The van der Waals surface area contributed by atoms with E-state index in [4.69, 9.17) is 4.74 Å². The minimum atomic E-state index is -0.614. The number of benzene rings is 1. The van der Waals surface area contributed by atoms with Crippen LogP contribution in [0, 0.1) is 10.1 Å². The Morgan fingerprint density at radius 1 is 1.38 bits per heavy atom. The molecule has 0 aliphatic rings. The molecule has 0 unspecified atom stereocenters. The maximum atomic E-state index is 12.1. The normalized spacial score (nSPS) is 10.5.